The molecular weight excluding hydrogens is 380 g/mol. The second kappa shape index (κ2) is 8.71. The smallest absolute Gasteiger partial charge is 0.254 e. The topological polar surface area (TPSA) is 20.3 Å². The van der Waals surface area contributed by atoms with Crippen molar-refractivity contribution in [2.75, 3.05) is 13.1 Å². The minimum atomic E-state index is -0.299. The summed E-state index contributed by atoms with van der Waals surface area (Å²) in [7, 11) is 0. The average molecular weight is 405 g/mol. The normalized spacial score (nSPS) is 11.2. The van der Waals surface area contributed by atoms with Crippen LogP contribution in [0.3, 0.4) is 0 Å². The molecule has 0 saturated carbocycles. The first kappa shape index (κ1) is 18.4. The van der Waals surface area contributed by atoms with E-state index in [-0.39, 0.29) is 11.7 Å². The van der Waals surface area contributed by atoms with Gasteiger partial charge in [0.1, 0.15) is 5.82 Å². The third-order valence-electron chi connectivity index (χ3n) is 3.40. The van der Waals surface area contributed by atoms with Crippen molar-refractivity contribution in [3.05, 3.63) is 33.1 Å². The van der Waals surface area contributed by atoms with Gasteiger partial charge in [-0.15, -0.1) is 0 Å². The summed E-state index contributed by atoms with van der Waals surface area (Å²) in [5, 5.41) is 0. The first-order valence-corrected chi connectivity index (χ1v) is 8.63. The Morgan fingerprint density at radius 1 is 1.14 bits per heavy atom. The molecule has 2 nitrogen and oxygen atoms in total. The van der Waals surface area contributed by atoms with E-state index in [4.69, 9.17) is 0 Å². The minimum Gasteiger partial charge on any atom is -0.339 e. The Kier molecular flexibility index (Phi) is 7.63. The zero-order chi connectivity index (χ0) is 16.0. The third kappa shape index (κ3) is 6.32. The average Bonchev–Trinajstić information content (AvgIpc) is 2.37. The zero-order valence-electron chi connectivity index (χ0n) is 13.3. The molecule has 0 aliphatic rings. The highest BCUT2D eigenvalue weighted by molar-refractivity contribution is 14.1. The van der Waals surface area contributed by atoms with E-state index in [0.717, 1.165) is 25.9 Å². The van der Waals surface area contributed by atoms with Crippen LogP contribution < -0.4 is 0 Å². The van der Waals surface area contributed by atoms with Crippen LogP contribution in [0.1, 0.15) is 50.9 Å². The molecular formula is C17H25FINO. The first-order chi connectivity index (χ1) is 9.81. The van der Waals surface area contributed by atoms with E-state index >= 15 is 0 Å². The van der Waals surface area contributed by atoms with Crippen LogP contribution in [0.5, 0.6) is 0 Å². The van der Waals surface area contributed by atoms with Crippen molar-refractivity contribution >= 4 is 28.5 Å². The lowest BCUT2D eigenvalue weighted by Gasteiger charge is -2.25. The summed E-state index contributed by atoms with van der Waals surface area (Å²) in [4.78, 5) is 14.6. The predicted octanol–water partition coefficient (Wildman–Crippen LogP) is 4.96. The van der Waals surface area contributed by atoms with Gasteiger partial charge in [-0.05, 0) is 65.5 Å². The number of hydrogen-bond acceptors (Lipinski definition) is 1. The number of rotatable bonds is 7. The highest BCUT2D eigenvalue weighted by Gasteiger charge is 2.19. The van der Waals surface area contributed by atoms with Crippen molar-refractivity contribution < 1.29 is 9.18 Å². The lowest BCUT2D eigenvalue weighted by Crippen LogP contribution is -2.34. The fourth-order valence-electron chi connectivity index (χ4n) is 1.98. The first-order valence-electron chi connectivity index (χ1n) is 7.55. The van der Waals surface area contributed by atoms with Crippen molar-refractivity contribution in [1.29, 1.82) is 0 Å². The van der Waals surface area contributed by atoms with Crippen LogP contribution in [0, 0.1) is 21.2 Å². The van der Waals surface area contributed by atoms with Gasteiger partial charge in [-0.25, -0.2) is 4.39 Å². The van der Waals surface area contributed by atoms with Gasteiger partial charge in [0.25, 0.3) is 5.91 Å². The second-order valence-corrected chi connectivity index (χ2v) is 7.44. The maximum Gasteiger partial charge on any atom is 0.254 e. The summed E-state index contributed by atoms with van der Waals surface area (Å²) in [5.41, 5.74) is 0.601. The number of carbonyl (C=O) groups is 1. The Labute approximate surface area is 141 Å². The highest BCUT2D eigenvalue weighted by Crippen LogP contribution is 2.18. The van der Waals surface area contributed by atoms with Gasteiger partial charge in [0, 0.05) is 16.7 Å². The van der Waals surface area contributed by atoms with Crippen LogP contribution in [0.15, 0.2) is 18.2 Å². The summed E-state index contributed by atoms with van der Waals surface area (Å²) in [6.07, 6.45) is 1.98. The maximum atomic E-state index is 13.2. The molecule has 0 fully saturated rings. The highest BCUT2D eigenvalue weighted by atomic mass is 127. The van der Waals surface area contributed by atoms with Gasteiger partial charge in [0.2, 0.25) is 0 Å². The molecule has 0 spiro atoms. The number of amides is 1. The molecule has 0 radical (unpaired) electrons. The molecule has 0 saturated heterocycles. The molecule has 1 rings (SSSR count). The van der Waals surface area contributed by atoms with E-state index in [1.807, 2.05) is 27.5 Å². The fourth-order valence-corrected chi connectivity index (χ4v) is 2.68. The van der Waals surface area contributed by atoms with E-state index in [1.165, 1.54) is 12.1 Å². The van der Waals surface area contributed by atoms with Crippen molar-refractivity contribution in [3.8, 4) is 0 Å². The quantitative estimate of drug-likeness (QED) is 0.587. The number of hydrogen-bond donors (Lipinski definition) is 0. The summed E-state index contributed by atoms with van der Waals surface area (Å²) < 4.78 is 13.9. The Morgan fingerprint density at radius 3 is 2.10 bits per heavy atom. The largest absolute Gasteiger partial charge is 0.339 e. The molecule has 118 valence electrons. The van der Waals surface area contributed by atoms with Gasteiger partial charge >= 0.3 is 0 Å². The fraction of sp³-hybridized carbons (Fsp3) is 0.588. The van der Waals surface area contributed by atoms with Crippen LogP contribution in [0.2, 0.25) is 0 Å². The number of halogens is 2. The monoisotopic (exact) mass is 405 g/mol. The zero-order valence-corrected chi connectivity index (χ0v) is 15.5. The van der Waals surface area contributed by atoms with Gasteiger partial charge in [0.15, 0.2) is 0 Å². The molecule has 0 heterocycles. The van der Waals surface area contributed by atoms with Crippen molar-refractivity contribution in [2.45, 2.75) is 40.5 Å². The SMILES string of the molecule is CC(C)CCN(CCC(C)C)C(=O)c1ccc(F)cc1I. The molecule has 1 aromatic rings. The third-order valence-corrected chi connectivity index (χ3v) is 4.29. The molecule has 1 aromatic carbocycles. The number of nitrogens with zero attached hydrogens (tertiary/aromatic N) is 1. The van der Waals surface area contributed by atoms with Gasteiger partial charge in [-0.3, -0.25) is 4.79 Å². The molecule has 1 amide bonds. The number of carbonyl (C=O) groups excluding carboxylic acids is 1. The van der Waals surface area contributed by atoms with Crippen LogP contribution in [0.4, 0.5) is 4.39 Å². The molecule has 0 atom stereocenters. The molecule has 0 N–H and O–H groups in total. The standard InChI is InChI=1S/C17H25FINO/c1-12(2)7-9-20(10-8-13(3)4)17(21)15-6-5-14(18)11-16(15)19/h5-6,11-13H,7-10H2,1-4H3. The Balaban J connectivity index is 2.86. The molecule has 0 bridgehead atoms. The van der Waals surface area contributed by atoms with Gasteiger partial charge in [0.05, 0.1) is 5.56 Å². The van der Waals surface area contributed by atoms with Crippen molar-refractivity contribution in [2.24, 2.45) is 11.8 Å². The summed E-state index contributed by atoms with van der Waals surface area (Å²) >= 11 is 2.03. The predicted molar refractivity (Wildman–Crippen MR) is 93.9 cm³/mol. The molecule has 0 aromatic heterocycles. The van der Waals surface area contributed by atoms with E-state index in [0.29, 0.717) is 21.0 Å². The minimum absolute atomic E-state index is 0.0145. The Bertz CT molecular complexity index is 462. The summed E-state index contributed by atoms with van der Waals surface area (Å²) in [5.74, 6) is 0.839. The lowest BCUT2D eigenvalue weighted by molar-refractivity contribution is 0.0739. The van der Waals surface area contributed by atoms with Gasteiger partial charge < -0.3 is 4.90 Å². The summed E-state index contributed by atoms with van der Waals surface area (Å²) in [6.45, 7) is 10.2. The molecule has 4 heteroatoms. The maximum absolute atomic E-state index is 13.2. The van der Waals surface area contributed by atoms with E-state index in [9.17, 15) is 9.18 Å². The lowest BCUT2D eigenvalue weighted by atomic mass is 10.1. The molecule has 0 unspecified atom stereocenters. The molecule has 0 aliphatic heterocycles. The molecule has 0 aliphatic carbocycles. The summed E-state index contributed by atoms with van der Waals surface area (Å²) in [6, 6.07) is 4.37. The van der Waals surface area contributed by atoms with Crippen molar-refractivity contribution in [1.82, 2.24) is 4.90 Å². The molecule has 21 heavy (non-hydrogen) atoms. The van der Waals surface area contributed by atoms with Crippen LogP contribution in [0.25, 0.3) is 0 Å². The van der Waals surface area contributed by atoms with E-state index in [2.05, 4.69) is 27.7 Å². The van der Waals surface area contributed by atoms with Gasteiger partial charge in [-0.2, -0.15) is 0 Å². The van der Waals surface area contributed by atoms with E-state index < -0.39 is 0 Å². The Hall–Kier alpha value is -0.650. The van der Waals surface area contributed by atoms with Crippen LogP contribution in [-0.2, 0) is 0 Å². The second-order valence-electron chi connectivity index (χ2n) is 6.28. The van der Waals surface area contributed by atoms with Crippen molar-refractivity contribution in [3.63, 3.8) is 0 Å². The van der Waals surface area contributed by atoms with Crippen LogP contribution >= 0.6 is 22.6 Å². The van der Waals surface area contributed by atoms with Gasteiger partial charge in [-0.1, -0.05) is 27.7 Å². The Morgan fingerprint density at radius 2 is 1.67 bits per heavy atom. The van der Waals surface area contributed by atoms with E-state index in [1.54, 1.807) is 6.07 Å². The van der Waals surface area contributed by atoms with Crippen LogP contribution in [-0.4, -0.2) is 23.9 Å². The number of benzene rings is 1.